The highest BCUT2D eigenvalue weighted by atomic mass is 35.5. The lowest BCUT2D eigenvalue weighted by Gasteiger charge is -2.19. The first-order valence-corrected chi connectivity index (χ1v) is 6.96. The van der Waals surface area contributed by atoms with Crippen molar-refractivity contribution in [3.05, 3.63) is 30.3 Å². The summed E-state index contributed by atoms with van der Waals surface area (Å²) in [4.78, 5) is 2.26. The van der Waals surface area contributed by atoms with E-state index in [2.05, 4.69) is 4.90 Å². The van der Waals surface area contributed by atoms with E-state index in [1.165, 1.54) is 0 Å². The van der Waals surface area contributed by atoms with E-state index in [1.54, 1.807) is 0 Å². The number of halogens is 3. The zero-order valence-corrected chi connectivity index (χ0v) is 12.7. The number of ether oxygens (including phenoxy) is 1. The molecule has 0 atom stereocenters. The fourth-order valence-corrected chi connectivity index (χ4v) is 2.05. The van der Waals surface area contributed by atoms with Gasteiger partial charge in [-0.05, 0) is 18.6 Å². The van der Waals surface area contributed by atoms with Gasteiger partial charge in [0.15, 0.2) is 0 Å². The molecular weight excluding hydrogens is 293 g/mol. The summed E-state index contributed by atoms with van der Waals surface area (Å²) in [7, 11) is 0. The van der Waals surface area contributed by atoms with Crippen LogP contribution in [0.1, 0.15) is 6.42 Å². The minimum absolute atomic E-state index is 0. The standard InChI is InChI=1S/C13H19Cl2NO.ClH/c14-7-10-16(11-8-15)9-4-12-17-13-5-2-1-3-6-13;/h1-3,5-6H,4,7-12H2;1H. The minimum Gasteiger partial charge on any atom is -0.494 e. The molecule has 1 rings (SSSR count). The van der Waals surface area contributed by atoms with E-state index in [1.807, 2.05) is 30.3 Å². The zero-order valence-electron chi connectivity index (χ0n) is 10.4. The van der Waals surface area contributed by atoms with Crippen LogP contribution in [-0.2, 0) is 0 Å². The van der Waals surface area contributed by atoms with Crippen molar-refractivity contribution < 1.29 is 4.74 Å². The molecule has 18 heavy (non-hydrogen) atoms. The number of rotatable bonds is 9. The molecule has 0 aliphatic rings. The van der Waals surface area contributed by atoms with Gasteiger partial charge < -0.3 is 9.64 Å². The number of nitrogens with zero attached hydrogens (tertiary/aromatic N) is 1. The maximum atomic E-state index is 5.72. The molecule has 0 unspecified atom stereocenters. The fraction of sp³-hybridized carbons (Fsp3) is 0.538. The Labute approximate surface area is 126 Å². The predicted molar refractivity (Wildman–Crippen MR) is 81.7 cm³/mol. The molecule has 0 amide bonds. The largest absolute Gasteiger partial charge is 0.494 e. The highest BCUT2D eigenvalue weighted by Crippen LogP contribution is 2.08. The lowest BCUT2D eigenvalue weighted by molar-refractivity contribution is 0.251. The molecule has 0 saturated carbocycles. The van der Waals surface area contributed by atoms with Crippen molar-refractivity contribution >= 4 is 35.6 Å². The number of para-hydroxylation sites is 1. The Kier molecular flexibility index (Phi) is 11.8. The highest BCUT2D eigenvalue weighted by Gasteiger charge is 2.02. The van der Waals surface area contributed by atoms with Crippen LogP contribution in [-0.4, -0.2) is 42.9 Å². The van der Waals surface area contributed by atoms with Gasteiger partial charge in [0.1, 0.15) is 5.75 Å². The Morgan fingerprint density at radius 2 is 1.56 bits per heavy atom. The summed E-state index contributed by atoms with van der Waals surface area (Å²) in [5.41, 5.74) is 0. The van der Waals surface area contributed by atoms with Gasteiger partial charge in [0.2, 0.25) is 0 Å². The van der Waals surface area contributed by atoms with Gasteiger partial charge in [-0.15, -0.1) is 35.6 Å². The van der Waals surface area contributed by atoms with Crippen LogP contribution in [0, 0.1) is 0 Å². The molecule has 2 nitrogen and oxygen atoms in total. The Balaban J connectivity index is 0.00000289. The van der Waals surface area contributed by atoms with E-state index in [9.17, 15) is 0 Å². The molecule has 0 radical (unpaired) electrons. The molecule has 0 saturated heterocycles. The maximum Gasteiger partial charge on any atom is 0.119 e. The van der Waals surface area contributed by atoms with Crippen molar-refractivity contribution in [3.8, 4) is 5.75 Å². The molecule has 0 spiro atoms. The Morgan fingerprint density at radius 1 is 0.944 bits per heavy atom. The van der Waals surface area contributed by atoms with E-state index in [-0.39, 0.29) is 12.4 Å². The monoisotopic (exact) mass is 311 g/mol. The third-order valence-corrected chi connectivity index (χ3v) is 2.77. The first-order chi connectivity index (χ1) is 8.36. The Bertz CT molecular complexity index is 279. The molecule has 5 heteroatoms. The van der Waals surface area contributed by atoms with E-state index in [4.69, 9.17) is 27.9 Å². The second-order valence-corrected chi connectivity index (χ2v) is 4.49. The molecule has 1 aromatic rings. The van der Waals surface area contributed by atoms with Crippen LogP contribution in [0.25, 0.3) is 0 Å². The van der Waals surface area contributed by atoms with Gasteiger partial charge in [-0.2, -0.15) is 0 Å². The van der Waals surface area contributed by atoms with Gasteiger partial charge in [-0.1, -0.05) is 18.2 Å². The predicted octanol–water partition coefficient (Wildman–Crippen LogP) is 3.66. The van der Waals surface area contributed by atoms with Gasteiger partial charge in [-0.3, -0.25) is 0 Å². The van der Waals surface area contributed by atoms with Crippen LogP contribution in [0.5, 0.6) is 5.75 Å². The molecule has 0 heterocycles. The number of hydrogen-bond donors (Lipinski definition) is 0. The van der Waals surface area contributed by atoms with Crippen LogP contribution in [0.2, 0.25) is 0 Å². The summed E-state index contributed by atoms with van der Waals surface area (Å²) in [5, 5.41) is 0. The van der Waals surface area contributed by atoms with Crippen LogP contribution >= 0.6 is 35.6 Å². The van der Waals surface area contributed by atoms with E-state index in [0.717, 1.165) is 38.4 Å². The molecule has 0 aromatic heterocycles. The third kappa shape index (κ3) is 8.04. The normalized spacial score (nSPS) is 10.2. The molecule has 0 bridgehead atoms. The number of alkyl halides is 2. The molecule has 104 valence electrons. The second kappa shape index (κ2) is 11.9. The molecule has 0 aliphatic heterocycles. The van der Waals surface area contributed by atoms with Crippen molar-refractivity contribution in [2.75, 3.05) is 38.0 Å². The van der Waals surface area contributed by atoms with Gasteiger partial charge in [0.25, 0.3) is 0 Å². The van der Waals surface area contributed by atoms with Crippen molar-refractivity contribution in [2.24, 2.45) is 0 Å². The van der Waals surface area contributed by atoms with Crippen LogP contribution in [0.15, 0.2) is 30.3 Å². The summed E-state index contributed by atoms with van der Waals surface area (Å²) >= 11 is 11.4. The fourth-order valence-electron chi connectivity index (χ4n) is 1.57. The Morgan fingerprint density at radius 3 is 2.11 bits per heavy atom. The summed E-state index contributed by atoms with van der Waals surface area (Å²) in [5.74, 6) is 2.22. The molecule has 0 aliphatic carbocycles. The molecule has 0 N–H and O–H groups in total. The van der Waals surface area contributed by atoms with E-state index >= 15 is 0 Å². The second-order valence-electron chi connectivity index (χ2n) is 3.73. The van der Waals surface area contributed by atoms with Gasteiger partial charge >= 0.3 is 0 Å². The van der Waals surface area contributed by atoms with Crippen LogP contribution < -0.4 is 4.74 Å². The maximum absolute atomic E-state index is 5.72. The van der Waals surface area contributed by atoms with Crippen molar-refractivity contribution in [3.63, 3.8) is 0 Å². The van der Waals surface area contributed by atoms with E-state index in [0.29, 0.717) is 11.8 Å². The lowest BCUT2D eigenvalue weighted by Crippen LogP contribution is -2.29. The molecule has 0 fully saturated rings. The van der Waals surface area contributed by atoms with Gasteiger partial charge in [0, 0.05) is 31.4 Å². The van der Waals surface area contributed by atoms with Crippen LogP contribution in [0.3, 0.4) is 0 Å². The van der Waals surface area contributed by atoms with Gasteiger partial charge in [0.05, 0.1) is 6.61 Å². The quantitative estimate of drug-likeness (QED) is 0.510. The van der Waals surface area contributed by atoms with E-state index < -0.39 is 0 Å². The Hall–Kier alpha value is -0.150. The van der Waals surface area contributed by atoms with Crippen molar-refractivity contribution in [1.29, 1.82) is 0 Å². The third-order valence-electron chi connectivity index (χ3n) is 2.43. The zero-order chi connectivity index (χ0) is 12.3. The average molecular weight is 313 g/mol. The first-order valence-electron chi connectivity index (χ1n) is 5.89. The number of benzene rings is 1. The van der Waals surface area contributed by atoms with Gasteiger partial charge in [-0.25, -0.2) is 0 Å². The average Bonchev–Trinajstić information content (AvgIpc) is 2.36. The molecular formula is C13H20Cl3NO. The SMILES string of the molecule is Cl.ClCCN(CCCl)CCCOc1ccccc1. The molecule has 1 aromatic carbocycles. The minimum atomic E-state index is 0. The summed E-state index contributed by atoms with van der Waals surface area (Å²) in [6, 6.07) is 9.87. The lowest BCUT2D eigenvalue weighted by atomic mass is 10.3. The highest BCUT2D eigenvalue weighted by molar-refractivity contribution is 6.18. The van der Waals surface area contributed by atoms with Crippen molar-refractivity contribution in [1.82, 2.24) is 4.90 Å². The first kappa shape index (κ1) is 17.8. The summed E-state index contributed by atoms with van der Waals surface area (Å²) < 4.78 is 5.62. The smallest absolute Gasteiger partial charge is 0.119 e. The van der Waals surface area contributed by atoms with Crippen LogP contribution in [0.4, 0.5) is 0 Å². The topological polar surface area (TPSA) is 12.5 Å². The summed E-state index contributed by atoms with van der Waals surface area (Å²) in [6.07, 6.45) is 0.989. The van der Waals surface area contributed by atoms with Crippen molar-refractivity contribution in [2.45, 2.75) is 6.42 Å². The number of hydrogen-bond acceptors (Lipinski definition) is 2. The summed E-state index contributed by atoms with van der Waals surface area (Å²) in [6.45, 7) is 3.48.